The van der Waals surface area contributed by atoms with Crippen LogP contribution in [0.2, 0.25) is 0 Å². The summed E-state index contributed by atoms with van der Waals surface area (Å²) in [5.74, 6) is -0.856. The fraction of sp³-hybridized carbons (Fsp3) is 0.429. The van der Waals surface area contributed by atoms with Gasteiger partial charge in [-0.25, -0.2) is 9.18 Å². The van der Waals surface area contributed by atoms with Crippen molar-refractivity contribution in [3.8, 4) is 5.75 Å². The molecule has 0 atom stereocenters. The number of hydrogen-bond donors (Lipinski definition) is 4. The van der Waals surface area contributed by atoms with Crippen LogP contribution in [0.4, 0.5) is 14.9 Å². The molecule has 0 aliphatic heterocycles. The van der Waals surface area contributed by atoms with Crippen molar-refractivity contribution in [1.29, 1.82) is 0 Å². The Balaban J connectivity index is 2.52. The number of benzene rings is 1. The molecular weight excluding hydrogens is 293 g/mol. The lowest BCUT2D eigenvalue weighted by atomic mass is 10.3. The van der Waals surface area contributed by atoms with E-state index in [1.54, 1.807) is 0 Å². The van der Waals surface area contributed by atoms with Gasteiger partial charge >= 0.3 is 6.03 Å². The quantitative estimate of drug-likeness (QED) is 0.570. The number of carbonyl (C=O) groups is 2. The molecule has 0 radical (unpaired) electrons. The molecule has 7 nitrogen and oxygen atoms in total. The van der Waals surface area contributed by atoms with Gasteiger partial charge in [0.1, 0.15) is 18.2 Å². The second kappa shape index (κ2) is 9.56. The van der Waals surface area contributed by atoms with Crippen LogP contribution in [0.25, 0.3) is 0 Å². The first-order valence-corrected chi connectivity index (χ1v) is 6.91. The van der Waals surface area contributed by atoms with Crippen LogP contribution in [0.1, 0.15) is 13.3 Å². The fourth-order valence-electron chi connectivity index (χ4n) is 1.55. The molecule has 0 spiro atoms. The van der Waals surface area contributed by atoms with Crippen LogP contribution in [-0.4, -0.2) is 43.3 Å². The normalized spacial score (nSPS) is 9.95. The van der Waals surface area contributed by atoms with Gasteiger partial charge in [-0.2, -0.15) is 0 Å². The Labute approximate surface area is 127 Å². The predicted molar refractivity (Wildman–Crippen MR) is 79.3 cm³/mol. The second-order valence-electron chi connectivity index (χ2n) is 4.37. The number of hydrogen-bond acceptors (Lipinski definition) is 5. The zero-order valence-corrected chi connectivity index (χ0v) is 12.3. The summed E-state index contributed by atoms with van der Waals surface area (Å²) in [7, 11) is 0. The summed E-state index contributed by atoms with van der Waals surface area (Å²) in [4.78, 5) is 22.9. The summed E-state index contributed by atoms with van der Waals surface area (Å²) in [6.45, 7) is 1.98. The van der Waals surface area contributed by atoms with Gasteiger partial charge in [0.2, 0.25) is 5.91 Å². The molecule has 0 aromatic heterocycles. The molecule has 0 saturated heterocycles. The van der Waals surface area contributed by atoms with Crippen LogP contribution in [0.5, 0.6) is 5.75 Å². The Bertz CT molecular complexity index is 511. The minimum atomic E-state index is -0.565. The van der Waals surface area contributed by atoms with Crippen molar-refractivity contribution in [1.82, 2.24) is 10.6 Å². The standard InChI is InChI=1S/C14H20FN3O4/c1-2-5-16-14(21)18-13(20)9-17-11-4-3-10(15)8-12(11)22-7-6-19/h3-4,8,17,19H,2,5-7,9H2,1H3,(H2,16,18,20,21). The van der Waals surface area contributed by atoms with Crippen molar-refractivity contribution in [2.75, 3.05) is 31.6 Å². The first-order chi connectivity index (χ1) is 10.6. The number of anilines is 1. The van der Waals surface area contributed by atoms with Crippen molar-refractivity contribution < 1.29 is 23.8 Å². The summed E-state index contributed by atoms with van der Waals surface area (Å²) < 4.78 is 18.3. The average Bonchev–Trinajstić information content (AvgIpc) is 2.49. The van der Waals surface area contributed by atoms with E-state index in [2.05, 4.69) is 16.0 Å². The zero-order valence-electron chi connectivity index (χ0n) is 12.3. The average molecular weight is 313 g/mol. The Morgan fingerprint density at radius 1 is 1.36 bits per heavy atom. The molecule has 0 unspecified atom stereocenters. The molecular formula is C14H20FN3O4. The molecule has 1 rings (SSSR count). The molecule has 1 aromatic rings. The van der Waals surface area contributed by atoms with Gasteiger partial charge in [-0.3, -0.25) is 10.1 Å². The summed E-state index contributed by atoms with van der Waals surface area (Å²) in [5.41, 5.74) is 0.388. The summed E-state index contributed by atoms with van der Waals surface area (Å²) in [6, 6.07) is 3.19. The number of rotatable bonds is 8. The van der Waals surface area contributed by atoms with Gasteiger partial charge in [0.05, 0.1) is 18.8 Å². The topological polar surface area (TPSA) is 99.7 Å². The van der Waals surface area contributed by atoms with E-state index in [-0.39, 0.29) is 25.5 Å². The van der Waals surface area contributed by atoms with Crippen molar-refractivity contribution in [3.05, 3.63) is 24.0 Å². The van der Waals surface area contributed by atoms with Gasteiger partial charge in [0, 0.05) is 12.6 Å². The van der Waals surface area contributed by atoms with Crippen LogP contribution in [-0.2, 0) is 4.79 Å². The first kappa shape index (κ1) is 17.7. The highest BCUT2D eigenvalue weighted by Gasteiger charge is 2.09. The molecule has 0 aliphatic rings. The molecule has 0 saturated carbocycles. The SMILES string of the molecule is CCCNC(=O)NC(=O)CNc1ccc(F)cc1OCCO. The van der Waals surface area contributed by atoms with Crippen molar-refractivity contribution in [2.45, 2.75) is 13.3 Å². The highest BCUT2D eigenvalue weighted by atomic mass is 19.1. The van der Waals surface area contributed by atoms with Gasteiger partial charge in [-0.1, -0.05) is 6.92 Å². The van der Waals surface area contributed by atoms with E-state index < -0.39 is 17.8 Å². The van der Waals surface area contributed by atoms with Gasteiger partial charge in [-0.15, -0.1) is 0 Å². The maximum Gasteiger partial charge on any atom is 0.321 e. The maximum atomic E-state index is 13.2. The van der Waals surface area contributed by atoms with Crippen LogP contribution >= 0.6 is 0 Å². The molecule has 0 heterocycles. The molecule has 122 valence electrons. The molecule has 0 aliphatic carbocycles. The molecule has 1 aromatic carbocycles. The monoisotopic (exact) mass is 313 g/mol. The largest absolute Gasteiger partial charge is 0.489 e. The zero-order chi connectivity index (χ0) is 16.4. The smallest absolute Gasteiger partial charge is 0.321 e. The van der Waals surface area contributed by atoms with Crippen molar-refractivity contribution in [3.63, 3.8) is 0 Å². The highest BCUT2D eigenvalue weighted by Crippen LogP contribution is 2.25. The predicted octanol–water partition coefficient (Wildman–Crippen LogP) is 0.844. The minimum absolute atomic E-state index is 0.00372. The Morgan fingerprint density at radius 3 is 2.82 bits per heavy atom. The second-order valence-corrected chi connectivity index (χ2v) is 4.37. The van der Waals surface area contributed by atoms with Crippen LogP contribution in [0, 0.1) is 5.82 Å². The molecule has 0 fully saturated rings. The Kier molecular flexibility index (Phi) is 7.69. The van der Waals surface area contributed by atoms with E-state index >= 15 is 0 Å². The van der Waals surface area contributed by atoms with Crippen LogP contribution in [0.3, 0.4) is 0 Å². The lowest BCUT2D eigenvalue weighted by Gasteiger charge is -2.13. The molecule has 22 heavy (non-hydrogen) atoms. The lowest BCUT2D eigenvalue weighted by molar-refractivity contribution is -0.118. The maximum absolute atomic E-state index is 13.2. The van der Waals surface area contributed by atoms with E-state index in [1.165, 1.54) is 12.1 Å². The third-order valence-corrected chi connectivity index (χ3v) is 2.52. The number of amides is 3. The van der Waals surface area contributed by atoms with E-state index in [1.807, 2.05) is 6.92 Å². The first-order valence-electron chi connectivity index (χ1n) is 6.91. The van der Waals surface area contributed by atoms with E-state index in [0.717, 1.165) is 12.5 Å². The number of ether oxygens (including phenoxy) is 1. The Hall–Kier alpha value is -2.35. The van der Waals surface area contributed by atoms with Gasteiger partial charge in [-0.05, 0) is 18.6 Å². The molecule has 0 bridgehead atoms. The number of aliphatic hydroxyl groups is 1. The van der Waals surface area contributed by atoms with Crippen LogP contribution < -0.4 is 20.7 Å². The number of nitrogens with one attached hydrogen (secondary N) is 3. The van der Waals surface area contributed by atoms with E-state index in [0.29, 0.717) is 12.2 Å². The van der Waals surface area contributed by atoms with E-state index in [9.17, 15) is 14.0 Å². The number of imide groups is 1. The lowest BCUT2D eigenvalue weighted by Crippen LogP contribution is -2.42. The minimum Gasteiger partial charge on any atom is -0.489 e. The molecule has 3 amide bonds. The summed E-state index contributed by atoms with van der Waals surface area (Å²) in [6.07, 6.45) is 0.765. The summed E-state index contributed by atoms with van der Waals surface area (Å²) >= 11 is 0. The highest BCUT2D eigenvalue weighted by molar-refractivity contribution is 5.96. The van der Waals surface area contributed by atoms with E-state index in [4.69, 9.17) is 9.84 Å². The van der Waals surface area contributed by atoms with Crippen LogP contribution in [0.15, 0.2) is 18.2 Å². The number of carbonyl (C=O) groups excluding carboxylic acids is 2. The van der Waals surface area contributed by atoms with Crippen molar-refractivity contribution in [2.24, 2.45) is 0 Å². The number of halogens is 1. The number of urea groups is 1. The molecule has 4 N–H and O–H groups in total. The van der Waals surface area contributed by atoms with Gasteiger partial charge in [0.15, 0.2) is 0 Å². The summed E-state index contributed by atoms with van der Waals surface area (Å²) in [5, 5.41) is 16.1. The third kappa shape index (κ3) is 6.40. The van der Waals surface area contributed by atoms with Gasteiger partial charge in [0.25, 0.3) is 0 Å². The Morgan fingerprint density at radius 2 is 2.14 bits per heavy atom. The third-order valence-electron chi connectivity index (χ3n) is 2.52. The van der Waals surface area contributed by atoms with Gasteiger partial charge < -0.3 is 20.5 Å². The molecule has 8 heteroatoms. The number of aliphatic hydroxyl groups excluding tert-OH is 1. The van der Waals surface area contributed by atoms with Crippen molar-refractivity contribution >= 4 is 17.6 Å². The fourth-order valence-corrected chi connectivity index (χ4v) is 1.55.